The predicted octanol–water partition coefficient (Wildman–Crippen LogP) is 2.33. The van der Waals surface area contributed by atoms with E-state index in [4.69, 9.17) is 4.74 Å². The topological polar surface area (TPSA) is 61.5 Å². The first-order chi connectivity index (χ1) is 12.6. The van der Waals surface area contributed by atoms with Crippen molar-refractivity contribution in [3.8, 4) is 5.88 Å². The largest absolute Gasteiger partial charge is 0.475 e. The van der Waals surface area contributed by atoms with Crippen LogP contribution in [0.5, 0.6) is 5.88 Å². The van der Waals surface area contributed by atoms with Crippen LogP contribution in [0.4, 0.5) is 10.1 Å². The van der Waals surface area contributed by atoms with Crippen LogP contribution in [-0.2, 0) is 6.54 Å². The second-order valence-electron chi connectivity index (χ2n) is 6.61. The lowest BCUT2D eigenvalue weighted by Gasteiger charge is -2.36. The number of hydrogen-bond donors (Lipinski definition) is 1. The molecular weight excluding hydrogens is 335 g/mol. The highest BCUT2D eigenvalue weighted by Crippen LogP contribution is 2.25. The van der Waals surface area contributed by atoms with E-state index in [0.717, 1.165) is 56.0 Å². The molecule has 3 rings (SSSR count). The van der Waals surface area contributed by atoms with Crippen molar-refractivity contribution in [3.05, 3.63) is 51.6 Å². The molecule has 0 bridgehead atoms. The maximum Gasteiger partial charge on any atom is 0.266 e. The number of hydrogen-bond acceptors (Lipinski definition) is 5. The average Bonchev–Trinajstić information content (AvgIpc) is 2.63. The molecule has 1 aliphatic rings. The number of rotatable bonds is 6. The van der Waals surface area contributed by atoms with Crippen LogP contribution >= 0.6 is 0 Å². The second-order valence-corrected chi connectivity index (χ2v) is 6.61. The summed E-state index contributed by atoms with van der Waals surface area (Å²) in [7, 11) is 0. The number of aryl methyl sites for hydroxylation is 1. The van der Waals surface area contributed by atoms with Crippen molar-refractivity contribution in [3.63, 3.8) is 0 Å². The zero-order valence-electron chi connectivity index (χ0n) is 15.3. The number of halogens is 1. The third kappa shape index (κ3) is 4.40. The molecule has 26 heavy (non-hydrogen) atoms. The summed E-state index contributed by atoms with van der Waals surface area (Å²) in [5, 5.41) is 6.49. The number of nitrogens with zero attached hydrogens (tertiary/aromatic N) is 3. The van der Waals surface area contributed by atoms with Gasteiger partial charge in [-0.1, -0.05) is 13.0 Å². The summed E-state index contributed by atoms with van der Waals surface area (Å²) in [6.45, 7) is 8.62. The Labute approximate surface area is 152 Å². The van der Waals surface area contributed by atoms with E-state index in [9.17, 15) is 9.18 Å². The highest BCUT2D eigenvalue weighted by molar-refractivity contribution is 5.54. The molecule has 1 aromatic carbocycles. The minimum Gasteiger partial charge on any atom is -0.475 e. The molecule has 6 nitrogen and oxygen atoms in total. The van der Waals surface area contributed by atoms with Gasteiger partial charge in [-0.2, -0.15) is 0 Å². The summed E-state index contributed by atoms with van der Waals surface area (Å²) < 4.78 is 18.9. The van der Waals surface area contributed by atoms with E-state index in [2.05, 4.69) is 20.0 Å². The van der Waals surface area contributed by atoms with E-state index >= 15 is 0 Å². The van der Waals surface area contributed by atoms with Gasteiger partial charge in [-0.15, -0.1) is 5.10 Å². The number of ether oxygens (including phenoxy) is 1. The van der Waals surface area contributed by atoms with E-state index in [-0.39, 0.29) is 11.4 Å². The first kappa shape index (κ1) is 18.4. The molecule has 0 atom stereocenters. The molecule has 2 aromatic rings. The smallest absolute Gasteiger partial charge is 0.266 e. The minimum atomic E-state index is -0.229. The molecule has 7 heteroatoms. The van der Waals surface area contributed by atoms with Gasteiger partial charge in [0.05, 0.1) is 6.61 Å². The summed E-state index contributed by atoms with van der Waals surface area (Å²) in [5.41, 5.74) is 2.64. The second kappa shape index (κ2) is 8.31. The Balaban J connectivity index is 1.65. The molecule has 1 fully saturated rings. The average molecular weight is 360 g/mol. The first-order valence-electron chi connectivity index (χ1n) is 9.01. The lowest BCUT2D eigenvalue weighted by atomic mass is 10.1. The van der Waals surface area contributed by atoms with Crippen molar-refractivity contribution in [2.45, 2.75) is 26.8 Å². The van der Waals surface area contributed by atoms with Gasteiger partial charge in [-0.3, -0.25) is 9.69 Å². The number of piperazine rings is 1. The first-order valence-corrected chi connectivity index (χ1v) is 9.01. The van der Waals surface area contributed by atoms with E-state index in [0.29, 0.717) is 12.5 Å². The standard InChI is InChI=1S/C19H25FN4O2/c1-3-10-26-19-17(12-18(25)21-22-19)24-8-6-23(7-9-24)13-15-4-5-16(20)11-14(15)2/h4-5,11-12H,3,6-10,13H2,1-2H3,(H,21,25). The third-order valence-corrected chi connectivity index (χ3v) is 4.61. The van der Waals surface area contributed by atoms with Crippen LogP contribution in [0.1, 0.15) is 24.5 Å². The highest BCUT2D eigenvalue weighted by Gasteiger charge is 2.21. The molecule has 0 aliphatic carbocycles. The monoisotopic (exact) mass is 360 g/mol. The SMILES string of the molecule is CCCOc1n[nH]c(=O)cc1N1CCN(Cc2ccc(F)cc2C)CC1. The van der Waals surface area contributed by atoms with Gasteiger partial charge in [0, 0.05) is 38.8 Å². The van der Waals surface area contributed by atoms with E-state index < -0.39 is 0 Å². The quantitative estimate of drug-likeness (QED) is 0.857. The molecule has 0 spiro atoms. The Kier molecular flexibility index (Phi) is 5.88. The van der Waals surface area contributed by atoms with Gasteiger partial charge in [-0.25, -0.2) is 9.49 Å². The Morgan fingerprint density at radius 3 is 2.69 bits per heavy atom. The molecule has 0 radical (unpaired) electrons. The lowest BCUT2D eigenvalue weighted by Crippen LogP contribution is -2.46. The van der Waals surface area contributed by atoms with Crippen molar-refractivity contribution in [2.24, 2.45) is 0 Å². The van der Waals surface area contributed by atoms with Crippen molar-refractivity contribution in [1.82, 2.24) is 15.1 Å². The van der Waals surface area contributed by atoms with E-state index in [1.54, 1.807) is 12.1 Å². The maximum absolute atomic E-state index is 13.3. The van der Waals surface area contributed by atoms with E-state index in [1.165, 1.54) is 6.07 Å². The summed E-state index contributed by atoms with van der Waals surface area (Å²) in [5.74, 6) is 0.284. The van der Waals surface area contributed by atoms with Gasteiger partial charge < -0.3 is 9.64 Å². The van der Waals surface area contributed by atoms with Crippen LogP contribution in [0.25, 0.3) is 0 Å². The predicted molar refractivity (Wildman–Crippen MR) is 99.3 cm³/mol. The number of nitrogens with one attached hydrogen (secondary N) is 1. The molecule has 1 saturated heterocycles. The zero-order valence-corrected chi connectivity index (χ0v) is 15.3. The van der Waals surface area contributed by atoms with Gasteiger partial charge in [0.2, 0.25) is 0 Å². The number of aromatic nitrogens is 2. The van der Waals surface area contributed by atoms with Crippen LogP contribution in [0, 0.1) is 12.7 Å². The summed E-state index contributed by atoms with van der Waals surface area (Å²) >= 11 is 0. The minimum absolute atomic E-state index is 0.197. The Morgan fingerprint density at radius 1 is 1.23 bits per heavy atom. The fourth-order valence-electron chi connectivity index (χ4n) is 3.14. The van der Waals surface area contributed by atoms with Gasteiger partial charge in [-0.05, 0) is 36.6 Å². The molecule has 1 N–H and O–H groups in total. The lowest BCUT2D eigenvalue weighted by molar-refractivity contribution is 0.247. The molecule has 1 aliphatic heterocycles. The summed E-state index contributed by atoms with van der Waals surface area (Å²) in [6.07, 6.45) is 0.880. The van der Waals surface area contributed by atoms with Gasteiger partial charge >= 0.3 is 0 Å². The fourth-order valence-corrected chi connectivity index (χ4v) is 3.14. The highest BCUT2D eigenvalue weighted by atomic mass is 19.1. The molecule has 0 amide bonds. The number of benzene rings is 1. The maximum atomic E-state index is 13.3. The molecule has 1 aromatic heterocycles. The fraction of sp³-hybridized carbons (Fsp3) is 0.474. The third-order valence-electron chi connectivity index (χ3n) is 4.61. The Hall–Kier alpha value is -2.41. The van der Waals surface area contributed by atoms with Crippen LogP contribution in [0.3, 0.4) is 0 Å². The van der Waals surface area contributed by atoms with Gasteiger partial charge in [0.15, 0.2) is 0 Å². The van der Waals surface area contributed by atoms with Crippen LogP contribution in [0.15, 0.2) is 29.1 Å². The van der Waals surface area contributed by atoms with Crippen molar-refractivity contribution >= 4 is 5.69 Å². The van der Waals surface area contributed by atoms with Gasteiger partial charge in [0.1, 0.15) is 11.5 Å². The van der Waals surface area contributed by atoms with Crippen LogP contribution in [0.2, 0.25) is 0 Å². The normalized spacial score (nSPS) is 15.3. The van der Waals surface area contributed by atoms with Crippen LogP contribution < -0.4 is 15.2 Å². The Morgan fingerprint density at radius 2 is 2.00 bits per heavy atom. The molecule has 2 heterocycles. The molecule has 0 saturated carbocycles. The van der Waals surface area contributed by atoms with Gasteiger partial charge in [0.25, 0.3) is 11.4 Å². The summed E-state index contributed by atoms with van der Waals surface area (Å²) in [6, 6.07) is 6.49. The van der Waals surface area contributed by atoms with Crippen molar-refractivity contribution < 1.29 is 9.13 Å². The number of aromatic amines is 1. The number of H-pyrrole nitrogens is 1. The zero-order chi connectivity index (χ0) is 18.5. The number of anilines is 1. The summed E-state index contributed by atoms with van der Waals surface area (Å²) in [4.78, 5) is 16.2. The van der Waals surface area contributed by atoms with Crippen LogP contribution in [-0.4, -0.2) is 47.9 Å². The van der Waals surface area contributed by atoms with Crippen molar-refractivity contribution in [1.29, 1.82) is 0 Å². The van der Waals surface area contributed by atoms with E-state index in [1.807, 2.05) is 19.9 Å². The Bertz CT molecular complexity index is 800. The molecule has 140 valence electrons. The molecular formula is C19H25FN4O2. The molecule has 0 unspecified atom stereocenters. The van der Waals surface area contributed by atoms with Crippen molar-refractivity contribution in [2.75, 3.05) is 37.7 Å².